The summed E-state index contributed by atoms with van der Waals surface area (Å²) in [5.41, 5.74) is 5.52. The molecule has 0 radical (unpaired) electrons. The van der Waals surface area contributed by atoms with E-state index in [4.69, 9.17) is 5.73 Å². The maximum Gasteiger partial charge on any atom is 0.331 e. The van der Waals surface area contributed by atoms with Crippen LogP contribution in [0.5, 0.6) is 0 Å². The van der Waals surface area contributed by atoms with E-state index < -0.39 is 17.1 Å². The highest BCUT2D eigenvalue weighted by Gasteiger charge is 2.54. The SMILES string of the molecule is CC(C)c1nn(C2(C(=O)O)CC2)c(=O)c(C=NC2CC2)c1N. The number of hydrogen-bond donors (Lipinski definition) is 2. The van der Waals surface area contributed by atoms with E-state index in [0.717, 1.165) is 17.5 Å². The second-order valence-corrected chi connectivity index (χ2v) is 6.43. The summed E-state index contributed by atoms with van der Waals surface area (Å²) in [6.07, 6.45) is 4.36. The molecular formula is C15H20N4O3. The lowest BCUT2D eigenvalue weighted by Gasteiger charge is -2.18. The van der Waals surface area contributed by atoms with Crippen molar-refractivity contribution in [2.75, 3.05) is 5.73 Å². The van der Waals surface area contributed by atoms with E-state index in [0.29, 0.717) is 24.2 Å². The molecule has 0 spiro atoms. The van der Waals surface area contributed by atoms with Gasteiger partial charge in [0, 0.05) is 6.21 Å². The van der Waals surface area contributed by atoms with Gasteiger partial charge in [0.15, 0.2) is 5.54 Å². The molecule has 2 saturated carbocycles. The standard InChI is InChI=1S/C15H20N4O3/c1-8(2)12-11(16)10(7-17-9-3-4-9)13(20)19(18-12)15(5-6-15)14(21)22/h7-9H,3-6,16H2,1-2H3,(H,21,22). The lowest BCUT2D eigenvalue weighted by Crippen LogP contribution is -2.41. The second kappa shape index (κ2) is 4.93. The number of carboxylic acid groups (broad SMARTS) is 1. The van der Waals surface area contributed by atoms with Crippen LogP contribution in [0, 0.1) is 0 Å². The Balaban J connectivity index is 2.18. The molecule has 0 bridgehead atoms. The molecule has 2 fully saturated rings. The van der Waals surface area contributed by atoms with Crippen molar-refractivity contribution >= 4 is 17.9 Å². The summed E-state index contributed by atoms with van der Waals surface area (Å²) in [5, 5.41) is 13.7. The third-order valence-electron chi connectivity index (χ3n) is 4.23. The monoisotopic (exact) mass is 304 g/mol. The Kier molecular flexibility index (Phi) is 3.30. The van der Waals surface area contributed by atoms with Gasteiger partial charge in [-0.15, -0.1) is 0 Å². The van der Waals surface area contributed by atoms with Gasteiger partial charge in [-0.25, -0.2) is 9.48 Å². The Morgan fingerprint density at radius 3 is 2.59 bits per heavy atom. The lowest BCUT2D eigenvalue weighted by atomic mass is 10.1. The third-order valence-corrected chi connectivity index (χ3v) is 4.23. The number of nitrogens with two attached hydrogens (primary N) is 1. The molecule has 2 aliphatic carbocycles. The zero-order chi connectivity index (χ0) is 16.1. The average Bonchev–Trinajstić information content (AvgIpc) is 3.32. The van der Waals surface area contributed by atoms with Crippen LogP contribution in [0.4, 0.5) is 5.69 Å². The number of aliphatic imine (C=N–C) groups is 1. The molecule has 7 heteroatoms. The topological polar surface area (TPSA) is 111 Å². The normalized spacial score (nSPS) is 19.8. The van der Waals surface area contributed by atoms with E-state index in [9.17, 15) is 14.7 Å². The molecule has 1 aromatic rings. The van der Waals surface area contributed by atoms with Crippen molar-refractivity contribution in [1.82, 2.24) is 9.78 Å². The second-order valence-electron chi connectivity index (χ2n) is 6.43. The largest absolute Gasteiger partial charge is 0.479 e. The van der Waals surface area contributed by atoms with Gasteiger partial charge in [0.2, 0.25) is 0 Å². The molecule has 0 aromatic carbocycles. The Hall–Kier alpha value is -2.18. The molecule has 0 atom stereocenters. The zero-order valence-electron chi connectivity index (χ0n) is 12.7. The third kappa shape index (κ3) is 2.30. The quantitative estimate of drug-likeness (QED) is 0.791. The van der Waals surface area contributed by atoms with Crippen LogP contribution in [-0.4, -0.2) is 33.1 Å². The first kappa shape index (κ1) is 14.7. The maximum absolute atomic E-state index is 12.7. The molecule has 2 aliphatic rings. The van der Waals surface area contributed by atoms with Crippen molar-refractivity contribution < 1.29 is 9.90 Å². The molecular weight excluding hydrogens is 284 g/mol. The Morgan fingerprint density at radius 2 is 2.14 bits per heavy atom. The van der Waals surface area contributed by atoms with Crippen molar-refractivity contribution in [2.24, 2.45) is 4.99 Å². The molecule has 1 heterocycles. The molecule has 0 unspecified atom stereocenters. The van der Waals surface area contributed by atoms with Gasteiger partial charge in [0.25, 0.3) is 5.56 Å². The minimum absolute atomic E-state index is 0.00970. The fourth-order valence-electron chi connectivity index (χ4n) is 2.45. The van der Waals surface area contributed by atoms with Gasteiger partial charge in [-0.1, -0.05) is 13.8 Å². The summed E-state index contributed by atoms with van der Waals surface area (Å²) >= 11 is 0. The highest BCUT2D eigenvalue weighted by Crippen LogP contribution is 2.42. The number of anilines is 1. The van der Waals surface area contributed by atoms with Gasteiger partial charge in [-0.3, -0.25) is 9.79 Å². The van der Waals surface area contributed by atoms with E-state index in [1.165, 1.54) is 6.21 Å². The van der Waals surface area contributed by atoms with E-state index >= 15 is 0 Å². The fourth-order valence-corrected chi connectivity index (χ4v) is 2.45. The van der Waals surface area contributed by atoms with Crippen LogP contribution in [0.3, 0.4) is 0 Å². The van der Waals surface area contributed by atoms with E-state index in [-0.39, 0.29) is 17.5 Å². The highest BCUT2D eigenvalue weighted by molar-refractivity contribution is 5.88. The number of rotatable bonds is 5. The first-order valence-corrected chi connectivity index (χ1v) is 7.56. The summed E-state index contributed by atoms with van der Waals surface area (Å²) in [5.74, 6) is -1.03. The highest BCUT2D eigenvalue weighted by atomic mass is 16.4. The lowest BCUT2D eigenvalue weighted by molar-refractivity contribution is -0.143. The van der Waals surface area contributed by atoms with Gasteiger partial charge in [-0.05, 0) is 31.6 Å². The van der Waals surface area contributed by atoms with Gasteiger partial charge in [0.05, 0.1) is 23.0 Å². The number of nitrogens with zero attached hydrogens (tertiary/aromatic N) is 3. The maximum atomic E-state index is 12.7. The summed E-state index contributed by atoms with van der Waals surface area (Å²) in [6, 6.07) is 0.261. The zero-order valence-corrected chi connectivity index (χ0v) is 12.7. The van der Waals surface area contributed by atoms with E-state index in [1.807, 2.05) is 13.8 Å². The summed E-state index contributed by atoms with van der Waals surface area (Å²) < 4.78 is 1.11. The Morgan fingerprint density at radius 1 is 1.50 bits per heavy atom. The predicted molar refractivity (Wildman–Crippen MR) is 82.5 cm³/mol. The van der Waals surface area contributed by atoms with E-state index in [1.54, 1.807) is 0 Å². The van der Waals surface area contributed by atoms with Crippen LogP contribution in [0.15, 0.2) is 9.79 Å². The van der Waals surface area contributed by atoms with Crippen LogP contribution in [0.2, 0.25) is 0 Å². The molecule has 118 valence electrons. The molecule has 7 nitrogen and oxygen atoms in total. The first-order valence-electron chi connectivity index (χ1n) is 7.56. The number of carboxylic acids is 1. The summed E-state index contributed by atoms with van der Waals surface area (Å²) in [6.45, 7) is 3.82. The molecule has 22 heavy (non-hydrogen) atoms. The van der Waals surface area contributed by atoms with Crippen LogP contribution >= 0.6 is 0 Å². The summed E-state index contributed by atoms with van der Waals surface area (Å²) in [7, 11) is 0. The number of hydrogen-bond acceptors (Lipinski definition) is 5. The van der Waals surface area contributed by atoms with Crippen LogP contribution < -0.4 is 11.3 Å². The number of carbonyl (C=O) groups is 1. The van der Waals surface area contributed by atoms with Crippen molar-refractivity contribution in [3.63, 3.8) is 0 Å². The van der Waals surface area contributed by atoms with E-state index in [2.05, 4.69) is 10.1 Å². The molecule has 0 aliphatic heterocycles. The smallest absolute Gasteiger partial charge is 0.331 e. The van der Waals surface area contributed by atoms with Crippen molar-refractivity contribution in [1.29, 1.82) is 0 Å². The van der Waals surface area contributed by atoms with Crippen molar-refractivity contribution in [3.05, 3.63) is 21.6 Å². The van der Waals surface area contributed by atoms with Gasteiger partial charge in [-0.2, -0.15) is 5.10 Å². The molecule has 0 amide bonds. The van der Waals surface area contributed by atoms with Crippen molar-refractivity contribution in [2.45, 2.75) is 57.0 Å². The molecule has 3 N–H and O–H groups in total. The first-order chi connectivity index (χ1) is 10.4. The van der Waals surface area contributed by atoms with Crippen molar-refractivity contribution in [3.8, 4) is 0 Å². The molecule has 1 aromatic heterocycles. The van der Waals surface area contributed by atoms with Crippen LogP contribution in [0.25, 0.3) is 0 Å². The van der Waals surface area contributed by atoms with Crippen LogP contribution in [0.1, 0.15) is 56.7 Å². The minimum atomic E-state index is -1.21. The molecule has 3 rings (SSSR count). The number of aliphatic carboxylic acids is 1. The fraction of sp³-hybridized carbons (Fsp3) is 0.600. The molecule has 0 saturated heterocycles. The number of aromatic nitrogens is 2. The Labute approximate surface area is 127 Å². The van der Waals surface area contributed by atoms with Gasteiger partial charge >= 0.3 is 5.97 Å². The number of nitrogen functional groups attached to an aromatic ring is 1. The summed E-state index contributed by atoms with van der Waals surface area (Å²) in [4.78, 5) is 28.5. The average molecular weight is 304 g/mol. The minimum Gasteiger partial charge on any atom is -0.479 e. The van der Waals surface area contributed by atoms with Gasteiger partial charge in [0.1, 0.15) is 0 Å². The predicted octanol–water partition coefficient (Wildman–Crippen LogP) is 1.10. The van der Waals surface area contributed by atoms with Crippen LogP contribution in [-0.2, 0) is 10.3 Å². The Bertz CT molecular complexity index is 712. The van der Waals surface area contributed by atoms with Gasteiger partial charge < -0.3 is 10.8 Å².